The summed E-state index contributed by atoms with van der Waals surface area (Å²) in [5.41, 5.74) is -1.36. The van der Waals surface area contributed by atoms with Crippen LogP contribution in [0.1, 0.15) is 29.0 Å². The molecule has 12 heteroatoms. The van der Waals surface area contributed by atoms with Gasteiger partial charge >= 0.3 is 0 Å². The second kappa shape index (κ2) is 10.4. The van der Waals surface area contributed by atoms with Crippen LogP contribution in [0.2, 0.25) is 5.02 Å². The summed E-state index contributed by atoms with van der Waals surface area (Å²) in [6.45, 7) is 0.694. The number of rotatable bonds is 7. The Morgan fingerprint density at radius 2 is 1.86 bits per heavy atom. The van der Waals surface area contributed by atoms with E-state index in [-0.39, 0.29) is 52.7 Å². The van der Waals surface area contributed by atoms with E-state index in [4.69, 9.17) is 16.0 Å². The molecule has 2 aromatic carbocycles. The van der Waals surface area contributed by atoms with Crippen LogP contribution in [-0.4, -0.2) is 35.4 Å². The molecule has 1 aliphatic rings. The third-order valence-corrected chi connectivity index (χ3v) is 6.19. The van der Waals surface area contributed by atoms with E-state index in [0.29, 0.717) is 13.1 Å². The summed E-state index contributed by atoms with van der Waals surface area (Å²) in [5.74, 6) is -2.81. The number of nitro groups is 1. The van der Waals surface area contributed by atoms with Gasteiger partial charge < -0.3 is 20.4 Å². The number of carbonyl (C=O) groups excluding carboxylic acids is 2. The number of nitrogens with zero attached hydrogens (tertiary/aromatic N) is 1. The minimum Gasteiger partial charge on any atom is -0.451 e. The second-order valence-electron chi connectivity index (χ2n) is 8.29. The highest BCUT2D eigenvalue weighted by atomic mass is 35.5. The van der Waals surface area contributed by atoms with Crippen LogP contribution in [0.15, 0.2) is 52.9 Å². The van der Waals surface area contributed by atoms with Gasteiger partial charge in [0.05, 0.1) is 10.5 Å². The van der Waals surface area contributed by atoms with Crippen molar-refractivity contribution in [1.29, 1.82) is 0 Å². The zero-order chi connectivity index (χ0) is 25.9. The van der Waals surface area contributed by atoms with Crippen molar-refractivity contribution in [2.75, 3.05) is 13.1 Å². The molecule has 1 fully saturated rings. The lowest BCUT2D eigenvalue weighted by atomic mass is 9.87. The highest BCUT2D eigenvalue weighted by molar-refractivity contribution is 6.30. The van der Waals surface area contributed by atoms with Gasteiger partial charge in [-0.25, -0.2) is 8.78 Å². The largest absolute Gasteiger partial charge is 0.451 e. The van der Waals surface area contributed by atoms with Crippen LogP contribution in [0.3, 0.4) is 0 Å². The average molecular weight is 519 g/mol. The first kappa shape index (κ1) is 25.3. The maximum atomic E-state index is 14.0. The quantitative estimate of drug-likeness (QED) is 0.321. The van der Waals surface area contributed by atoms with Crippen LogP contribution < -0.4 is 16.0 Å². The second-order valence-corrected chi connectivity index (χ2v) is 8.72. The Morgan fingerprint density at radius 1 is 1.11 bits per heavy atom. The SMILES string of the molecule is O=C(NC1(C(=O)NCc2ccc(F)cc2F)CCNCC1)c1ccc(-c2ccc(Cl)cc2[N+](=O)[O-])o1. The van der Waals surface area contributed by atoms with Crippen molar-refractivity contribution in [2.24, 2.45) is 0 Å². The minimum atomic E-state index is -1.31. The molecule has 188 valence electrons. The standard InChI is InChI=1S/C24H21ClF2N4O5/c25-15-2-4-17(19(11-15)31(34)35)20-5-6-21(36-20)22(32)30-24(7-9-28-10-8-24)23(33)29-13-14-1-3-16(26)12-18(14)27/h1-6,11-12,28H,7-10,13H2,(H,29,33)(H,30,32). The van der Waals surface area contributed by atoms with Crippen LogP contribution in [0.5, 0.6) is 0 Å². The first-order chi connectivity index (χ1) is 17.2. The van der Waals surface area contributed by atoms with Gasteiger partial charge in [-0.15, -0.1) is 0 Å². The molecule has 0 spiro atoms. The van der Waals surface area contributed by atoms with Crippen molar-refractivity contribution in [1.82, 2.24) is 16.0 Å². The smallest absolute Gasteiger partial charge is 0.287 e. The number of piperidine rings is 1. The lowest BCUT2D eigenvalue weighted by Crippen LogP contribution is -2.62. The monoisotopic (exact) mass is 518 g/mol. The van der Waals surface area contributed by atoms with Gasteiger partial charge in [-0.1, -0.05) is 17.7 Å². The molecule has 0 radical (unpaired) electrons. The molecule has 0 unspecified atom stereocenters. The maximum absolute atomic E-state index is 14.0. The third kappa shape index (κ3) is 5.37. The van der Waals surface area contributed by atoms with Crippen molar-refractivity contribution >= 4 is 29.1 Å². The van der Waals surface area contributed by atoms with E-state index in [2.05, 4.69) is 16.0 Å². The Bertz CT molecular complexity index is 1320. The Morgan fingerprint density at radius 3 is 2.56 bits per heavy atom. The molecule has 3 N–H and O–H groups in total. The summed E-state index contributed by atoms with van der Waals surface area (Å²) in [6, 6.07) is 9.87. The number of benzene rings is 2. The molecule has 4 rings (SSSR count). The molecular weight excluding hydrogens is 498 g/mol. The Kier molecular flexibility index (Phi) is 7.32. The summed E-state index contributed by atoms with van der Waals surface area (Å²) < 4.78 is 32.7. The first-order valence-electron chi connectivity index (χ1n) is 11.0. The third-order valence-electron chi connectivity index (χ3n) is 5.95. The molecular formula is C24H21ClF2N4O5. The van der Waals surface area contributed by atoms with E-state index in [1.165, 1.54) is 36.4 Å². The summed E-state index contributed by atoms with van der Waals surface area (Å²) in [4.78, 5) is 37.0. The minimum absolute atomic E-state index is 0.0825. The van der Waals surface area contributed by atoms with Gasteiger partial charge in [0, 0.05) is 29.3 Å². The van der Waals surface area contributed by atoms with Gasteiger partial charge in [0.25, 0.3) is 11.6 Å². The molecule has 0 bridgehead atoms. The van der Waals surface area contributed by atoms with Gasteiger partial charge in [0.2, 0.25) is 5.91 Å². The molecule has 2 amide bonds. The fraction of sp³-hybridized carbons (Fsp3) is 0.250. The molecule has 3 aromatic rings. The predicted molar refractivity (Wildman–Crippen MR) is 126 cm³/mol. The Balaban J connectivity index is 1.52. The molecule has 0 aliphatic carbocycles. The summed E-state index contributed by atoms with van der Waals surface area (Å²) >= 11 is 5.86. The van der Waals surface area contributed by atoms with Crippen molar-refractivity contribution in [3.63, 3.8) is 0 Å². The van der Waals surface area contributed by atoms with Gasteiger partial charge in [-0.05, 0) is 56.3 Å². The molecule has 9 nitrogen and oxygen atoms in total. The molecule has 1 aromatic heterocycles. The molecule has 1 saturated heterocycles. The topological polar surface area (TPSA) is 127 Å². The van der Waals surface area contributed by atoms with Crippen LogP contribution in [0.4, 0.5) is 14.5 Å². The maximum Gasteiger partial charge on any atom is 0.287 e. The van der Waals surface area contributed by atoms with E-state index >= 15 is 0 Å². The van der Waals surface area contributed by atoms with Gasteiger partial charge in [0.1, 0.15) is 22.9 Å². The van der Waals surface area contributed by atoms with Crippen molar-refractivity contribution in [3.05, 3.63) is 86.6 Å². The predicted octanol–water partition coefficient (Wildman–Crippen LogP) is 3.95. The Hall–Kier alpha value is -3.83. The molecule has 0 atom stereocenters. The number of hydrogen-bond acceptors (Lipinski definition) is 6. The van der Waals surface area contributed by atoms with E-state index in [1.807, 2.05) is 0 Å². The number of hydrogen-bond donors (Lipinski definition) is 3. The van der Waals surface area contributed by atoms with Gasteiger partial charge in [-0.2, -0.15) is 0 Å². The number of amides is 2. The average Bonchev–Trinajstić information content (AvgIpc) is 3.34. The number of halogens is 3. The fourth-order valence-corrected chi connectivity index (χ4v) is 4.19. The summed E-state index contributed by atoms with van der Waals surface area (Å²) in [7, 11) is 0. The molecule has 2 heterocycles. The zero-order valence-corrected chi connectivity index (χ0v) is 19.5. The van der Waals surface area contributed by atoms with Gasteiger partial charge in [0.15, 0.2) is 5.76 Å². The lowest BCUT2D eigenvalue weighted by molar-refractivity contribution is -0.384. The van der Waals surface area contributed by atoms with Crippen molar-refractivity contribution < 1.29 is 27.7 Å². The number of carbonyl (C=O) groups is 2. The van der Waals surface area contributed by atoms with E-state index in [0.717, 1.165) is 12.1 Å². The fourth-order valence-electron chi connectivity index (χ4n) is 4.02. The Labute approximate surface area is 209 Å². The van der Waals surface area contributed by atoms with Crippen LogP contribution in [-0.2, 0) is 11.3 Å². The zero-order valence-electron chi connectivity index (χ0n) is 18.8. The van der Waals surface area contributed by atoms with Gasteiger partial charge in [-0.3, -0.25) is 19.7 Å². The highest BCUT2D eigenvalue weighted by Gasteiger charge is 2.41. The van der Waals surface area contributed by atoms with Crippen LogP contribution in [0.25, 0.3) is 11.3 Å². The normalized spacial score (nSPS) is 14.8. The highest BCUT2D eigenvalue weighted by Crippen LogP contribution is 2.33. The molecule has 1 aliphatic heterocycles. The van der Waals surface area contributed by atoms with E-state index in [9.17, 15) is 28.5 Å². The molecule has 36 heavy (non-hydrogen) atoms. The van der Waals surface area contributed by atoms with Crippen LogP contribution >= 0.6 is 11.6 Å². The number of furan rings is 1. The summed E-state index contributed by atoms with van der Waals surface area (Å²) in [6.07, 6.45) is 0.513. The van der Waals surface area contributed by atoms with E-state index < -0.39 is 33.9 Å². The lowest BCUT2D eigenvalue weighted by Gasteiger charge is -2.36. The van der Waals surface area contributed by atoms with Crippen LogP contribution in [0, 0.1) is 21.7 Å². The molecule has 0 saturated carbocycles. The van der Waals surface area contributed by atoms with E-state index in [1.54, 1.807) is 0 Å². The number of nitrogens with one attached hydrogen (secondary N) is 3. The first-order valence-corrected chi connectivity index (χ1v) is 11.4. The summed E-state index contributed by atoms with van der Waals surface area (Å²) in [5, 5.41) is 20.0. The van der Waals surface area contributed by atoms with Crippen molar-refractivity contribution in [2.45, 2.75) is 24.9 Å². The number of nitro benzene ring substituents is 1. The van der Waals surface area contributed by atoms with Crippen molar-refractivity contribution in [3.8, 4) is 11.3 Å².